The molecule has 0 fully saturated rings. The van der Waals surface area contributed by atoms with Crippen LogP contribution in [0.3, 0.4) is 0 Å². The molecule has 0 spiro atoms. The monoisotopic (exact) mass is 282 g/mol. The Labute approximate surface area is 116 Å². The molecule has 1 N–H and O–H groups in total. The van der Waals surface area contributed by atoms with Crippen molar-refractivity contribution in [3.63, 3.8) is 0 Å². The molecule has 0 unspecified atom stereocenters. The van der Waals surface area contributed by atoms with Crippen molar-refractivity contribution in [2.45, 2.75) is 26.8 Å². The quantitative estimate of drug-likeness (QED) is 0.464. The van der Waals surface area contributed by atoms with Crippen LogP contribution >= 0.6 is 0 Å². The van der Waals surface area contributed by atoms with Gasteiger partial charge in [-0.05, 0) is 20.8 Å². The standard InChI is InChI=1S/C12H18N4O4/c1-5-6-14(7-10(17)18)12-11(16(19)20)9(4)13-15(12)8(2)3/h5,8H,1,6-7H2,2-4H3,(H,17,18). The van der Waals surface area contributed by atoms with Crippen molar-refractivity contribution < 1.29 is 14.8 Å². The van der Waals surface area contributed by atoms with E-state index in [-0.39, 0.29) is 36.3 Å². The molecule has 1 rings (SSSR count). The molecule has 1 aromatic rings. The van der Waals surface area contributed by atoms with E-state index in [0.29, 0.717) is 0 Å². The van der Waals surface area contributed by atoms with E-state index in [0.717, 1.165) is 0 Å². The van der Waals surface area contributed by atoms with Gasteiger partial charge in [0.05, 0.1) is 4.92 Å². The molecule has 0 aliphatic carbocycles. The van der Waals surface area contributed by atoms with E-state index in [4.69, 9.17) is 5.11 Å². The Morgan fingerprint density at radius 1 is 1.65 bits per heavy atom. The van der Waals surface area contributed by atoms with Crippen LogP contribution in [0.1, 0.15) is 25.6 Å². The zero-order valence-corrected chi connectivity index (χ0v) is 11.7. The predicted octanol–water partition coefficient (Wildman–Crippen LogP) is 1.76. The number of hydrogen-bond donors (Lipinski definition) is 1. The van der Waals surface area contributed by atoms with Crippen LogP contribution in [0.4, 0.5) is 11.5 Å². The van der Waals surface area contributed by atoms with Crippen molar-refractivity contribution in [1.29, 1.82) is 0 Å². The van der Waals surface area contributed by atoms with Gasteiger partial charge in [-0.3, -0.25) is 14.9 Å². The molecule has 0 aliphatic rings. The van der Waals surface area contributed by atoms with Crippen LogP contribution < -0.4 is 4.90 Å². The van der Waals surface area contributed by atoms with E-state index in [2.05, 4.69) is 11.7 Å². The topological polar surface area (TPSA) is 102 Å². The molecule has 8 nitrogen and oxygen atoms in total. The molecule has 1 aromatic heterocycles. The fourth-order valence-corrected chi connectivity index (χ4v) is 1.94. The maximum atomic E-state index is 11.2. The fraction of sp³-hybridized carbons (Fsp3) is 0.500. The predicted molar refractivity (Wildman–Crippen MR) is 74.0 cm³/mol. The number of aromatic nitrogens is 2. The first-order chi connectivity index (χ1) is 9.29. The van der Waals surface area contributed by atoms with Crippen molar-refractivity contribution in [1.82, 2.24) is 9.78 Å². The molecule has 0 atom stereocenters. The largest absolute Gasteiger partial charge is 0.480 e. The third-order valence-electron chi connectivity index (χ3n) is 2.68. The van der Waals surface area contributed by atoms with Gasteiger partial charge in [0.1, 0.15) is 12.2 Å². The lowest BCUT2D eigenvalue weighted by molar-refractivity contribution is -0.384. The van der Waals surface area contributed by atoms with Crippen LogP contribution in [0.5, 0.6) is 0 Å². The van der Waals surface area contributed by atoms with E-state index in [1.165, 1.54) is 22.6 Å². The second-order valence-electron chi connectivity index (χ2n) is 4.62. The zero-order chi connectivity index (χ0) is 15.4. The number of carboxylic acid groups (broad SMARTS) is 1. The minimum atomic E-state index is -1.07. The van der Waals surface area contributed by atoms with Crippen LogP contribution in [-0.2, 0) is 4.79 Å². The molecule has 0 saturated carbocycles. The summed E-state index contributed by atoms with van der Waals surface area (Å²) in [6.45, 7) is 8.57. The van der Waals surface area contributed by atoms with E-state index in [1.54, 1.807) is 0 Å². The lowest BCUT2D eigenvalue weighted by Crippen LogP contribution is -2.32. The van der Waals surface area contributed by atoms with Crippen molar-refractivity contribution in [2.75, 3.05) is 18.0 Å². The summed E-state index contributed by atoms with van der Waals surface area (Å²) in [6, 6.07) is -0.126. The summed E-state index contributed by atoms with van der Waals surface area (Å²) in [6.07, 6.45) is 1.50. The maximum absolute atomic E-state index is 11.2. The first kappa shape index (κ1) is 15.7. The van der Waals surface area contributed by atoms with Crippen LogP contribution in [-0.4, -0.2) is 38.9 Å². The molecule has 1 heterocycles. The van der Waals surface area contributed by atoms with Gasteiger partial charge in [0.25, 0.3) is 0 Å². The summed E-state index contributed by atoms with van der Waals surface area (Å²) in [5.74, 6) is -0.875. The Bertz CT molecular complexity index is 536. The first-order valence-corrected chi connectivity index (χ1v) is 6.10. The highest BCUT2D eigenvalue weighted by atomic mass is 16.6. The lowest BCUT2D eigenvalue weighted by atomic mass is 10.3. The highest BCUT2D eigenvalue weighted by Gasteiger charge is 2.31. The average molecular weight is 282 g/mol. The third-order valence-corrected chi connectivity index (χ3v) is 2.68. The zero-order valence-electron chi connectivity index (χ0n) is 11.7. The Hall–Kier alpha value is -2.38. The van der Waals surface area contributed by atoms with Gasteiger partial charge in [-0.25, -0.2) is 4.68 Å². The number of carbonyl (C=O) groups is 1. The van der Waals surface area contributed by atoms with E-state index in [9.17, 15) is 14.9 Å². The number of nitro groups is 1. The molecule has 0 aromatic carbocycles. The number of hydrogen-bond acceptors (Lipinski definition) is 5. The fourth-order valence-electron chi connectivity index (χ4n) is 1.94. The van der Waals surface area contributed by atoms with Crippen LogP contribution in [0, 0.1) is 17.0 Å². The summed E-state index contributed by atoms with van der Waals surface area (Å²) < 4.78 is 1.47. The van der Waals surface area contributed by atoms with E-state index < -0.39 is 10.9 Å². The molecule has 0 aliphatic heterocycles. The lowest BCUT2D eigenvalue weighted by Gasteiger charge is -2.22. The second kappa shape index (κ2) is 6.18. The number of rotatable bonds is 7. The molecular formula is C12H18N4O4. The number of anilines is 1. The van der Waals surface area contributed by atoms with Gasteiger partial charge in [0, 0.05) is 12.6 Å². The second-order valence-corrected chi connectivity index (χ2v) is 4.62. The van der Waals surface area contributed by atoms with Crippen LogP contribution in [0.2, 0.25) is 0 Å². The Morgan fingerprint density at radius 3 is 2.65 bits per heavy atom. The smallest absolute Gasteiger partial charge is 0.333 e. The molecule has 8 heteroatoms. The minimum absolute atomic E-state index is 0.126. The summed E-state index contributed by atoms with van der Waals surface area (Å²) in [5, 5.41) is 24.3. The number of aliphatic carboxylic acids is 1. The summed E-state index contributed by atoms with van der Waals surface area (Å²) in [5.41, 5.74) is 0.0972. The highest BCUT2D eigenvalue weighted by Crippen LogP contribution is 2.33. The van der Waals surface area contributed by atoms with Gasteiger partial charge in [0.2, 0.25) is 5.82 Å². The Morgan fingerprint density at radius 2 is 2.25 bits per heavy atom. The van der Waals surface area contributed by atoms with Crippen LogP contribution in [0.15, 0.2) is 12.7 Å². The van der Waals surface area contributed by atoms with Crippen molar-refractivity contribution in [3.8, 4) is 0 Å². The van der Waals surface area contributed by atoms with Gasteiger partial charge in [0.15, 0.2) is 0 Å². The molecule has 0 radical (unpaired) electrons. The third kappa shape index (κ3) is 3.14. The van der Waals surface area contributed by atoms with Gasteiger partial charge in [-0.2, -0.15) is 5.10 Å². The average Bonchev–Trinajstić information content (AvgIpc) is 2.65. The number of carboxylic acids is 1. The first-order valence-electron chi connectivity index (χ1n) is 6.10. The summed E-state index contributed by atoms with van der Waals surface area (Å²) >= 11 is 0. The molecule has 0 amide bonds. The van der Waals surface area contributed by atoms with Gasteiger partial charge in [-0.15, -0.1) is 6.58 Å². The molecule has 20 heavy (non-hydrogen) atoms. The Kier molecular flexibility index (Phi) is 4.84. The van der Waals surface area contributed by atoms with E-state index >= 15 is 0 Å². The minimum Gasteiger partial charge on any atom is -0.480 e. The summed E-state index contributed by atoms with van der Waals surface area (Å²) in [7, 11) is 0. The van der Waals surface area contributed by atoms with E-state index in [1.807, 2.05) is 13.8 Å². The van der Waals surface area contributed by atoms with Gasteiger partial charge >= 0.3 is 11.7 Å². The van der Waals surface area contributed by atoms with Crippen molar-refractivity contribution in [2.24, 2.45) is 0 Å². The number of nitrogens with zero attached hydrogens (tertiary/aromatic N) is 4. The van der Waals surface area contributed by atoms with Gasteiger partial charge < -0.3 is 10.0 Å². The Balaban J connectivity index is 3.46. The van der Waals surface area contributed by atoms with Crippen molar-refractivity contribution >= 4 is 17.5 Å². The molecule has 0 bridgehead atoms. The van der Waals surface area contributed by atoms with Gasteiger partial charge in [-0.1, -0.05) is 6.08 Å². The molecule has 110 valence electrons. The number of aryl methyl sites for hydroxylation is 1. The summed E-state index contributed by atoms with van der Waals surface area (Å²) in [4.78, 5) is 23.0. The normalized spacial score (nSPS) is 10.6. The molecular weight excluding hydrogens is 264 g/mol. The maximum Gasteiger partial charge on any atom is 0.333 e. The molecule has 0 saturated heterocycles. The highest BCUT2D eigenvalue weighted by molar-refractivity contribution is 5.75. The SMILES string of the molecule is C=CCN(CC(=O)O)c1c([N+](=O)[O-])c(C)nn1C(C)C. The van der Waals surface area contributed by atoms with Crippen LogP contribution in [0.25, 0.3) is 0 Å². The van der Waals surface area contributed by atoms with Crippen molar-refractivity contribution in [3.05, 3.63) is 28.5 Å².